The Morgan fingerprint density at radius 3 is 2.33 bits per heavy atom. The normalized spacial score (nSPS) is 18.7. The number of carbonyl (C=O) groups is 1. The van der Waals surface area contributed by atoms with Crippen molar-refractivity contribution in [3.8, 4) is 0 Å². The van der Waals surface area contributed by atoms with Gasteiger partial charge < -0.3 is 20.3 Å². The number of aromatic nitrogens is 2. The summed E-state index contributed by atoms with van der Waals surface area (Å²) in [4.78, 5) is 23.6. The van der Waals surface area contributed by atoms with Gasteiger partial charge in [-0.1, -0.05) is 18.2 Å². The fraction of sp³-hybridized carbons (Fsp3) is 0.261. The second-order valence-corrected chi connectivity index (χ2v) is 7.44. The summed E-state index contributed by atoms with van der Waals surface area (Å²) in [5.74, 6) is 1.34. The molecule has 0 bridgehead atoms. The predicted octanol–water partition coefficient (Wildman–Crippen LogP) is 4.09. The zero-order valence-electron chi connectivity index (χ0n) is 17.1. The van der Waals surface area contributed by atoms with E-state index >= 15 is 0 Å². The van der Waals surface area contributed by atoms with Crippen molar-refractivity contribution in [2.75, 3.05) is 28.6 Å². The second kappa shape index (κ2) is 8.92. The third kappa shape index (κ3) is 4.93. The molecule has 1 saturated heterocycles. The van der Waals surface area contributed by atoms with Gasteiger partial charge in [-0.2, -0.15) is 0 Å². The lowest BCUT2D eigenvalue weighted by Crippen LogP contribution is -2.45. The predicted molar refractivity (Wildman–Crippen MR) is 118 cm³/mol. The molecule has 2 N–H and O–H groups in total. The Morgan fingerprint density at radius 1 is 0.933 bits per heavy atom. The van der Waals surface area contributed by atoms with Gasteiger partial charge in [-0.25, -0.2) is 9.97 Å². The quantitative estimate of drug-likeness (QED) is 0.668. The fourth-order valence-corrected chi connectivity index (χ4v) is 3.49. The van der Waals surface area contributed by atoms with Crippen LogP contribution in [0.3, 0.4) is 0 Å². The molecule has 0 saturated carbocycles. The number of benzene rings is 1. The minimum absolute atomic E-state index is 0.158. The molecule has 1 fully saturated rings. The first kappa shape index (κ1) is 19.8. The molecule has 0 aliphatic carbocycles. The largest absolute Gasteiger partial charge is 0.372 e. The van der Waals surface area contributed by atoms with E-state index in [2.05, 4.69) is 39.3 Å². The maximum absolute atomic E-state index is 12.6. The van der Waals surface area contributed by atoms with Gasteiger partial charge in [0.05, 0.1) is 29.7 Å². The van der Waals surface area contributed by atoms with Crippen molar-refractivity contribution in [1.82, 2.24) is 9.97 Å². The monoisotopic (exact) mass is 403 g/mol. The molecule has 0 radical (unpaired) electrons. The van der Waals surface area contributed by atoms with Crippen LogP contribution in [0, 0.1) is 0 Å². The number of para-hydroxylation sites is 1. The Kier molecular flexibility index (Phi) is 5.90. The lowest BCUT2D eigenvalue weighted by molar-refractivity contribution is -0.00546. The Balaban J connectivity index is 1.36. The van der Waals surface area contributed by atoms with E-state index in [-0.39, 0.29) is 18.1 Å². The molecule has 3 heterocycles. The average Bonchev–Trinajstić information content (AvgIpc) is 2.75. The minimum atomic E-state index is -0.219. The third-order valence-corrected chi connectivity index (χ3v) is 4.82. The summed E-state index contributed by atoms with van der Waals surface area (Å²) in [6, 6.07) is 17.1. The van der Waals surface area contributed by atoms with E-state index in [9.17, 15) is 4.79 Å². The number of hydrogen-bond donors (Lipinski definition) is 2. The maximum atomic E-state index is 12.6. The Labute approximate surface area is 176 Å². The van der Waals surface area contributed by atoms with Crippen molar-refractivity contribution in [1.29, 1.82) is 0 Å². The summed E-state index contributed by atoms with van der Waals surface area (Å²) in [7, 11) is 0. The van der Waals surface area contributed by atoms with E-state index in [0.29, 0.717) is 17.1 Å². The van der Waals surface area contributed by atoms with Crippen LogP contribution in [-0.2, 0) is 4.74 Å². The van der Waals surface area contributed by atoms with Crippen molar-refractivity contribution in [2.45, 2.75) is 26.1 Å². The molecular weight excluding hydrogens is 378 g/mol. The van der Waals surface area contributed by atoms with Crippen LogP contribution < -0.4 is 15.5 Å². The van der Waals surface area contributed by atoms with Crippen LogP contribution in [0.15, 0.2) is 67.0 Å². The number of ether oxygens (including phenoxy) is 1. The molecule has 1 amide bonds. The number of rotatable bonds is 5. The van der Waals surface area contributed by atoms with Gasteiger partial charge in [0.2, 0.25) is 0 Å². The molecule has 7 nitrogen and oxygen atoms in total. The molecule has 2 atom stereocenters. The summed E-state index contributed by atoms with van der Waals surface area (Å²) in [6.07, 6.45) is 3.55. The van der Waals surface area contributed by atoms with Crippen molar-refractivity contribution < 1.29 is 9.53 Å². The van der Waals surface area contributed by atoms with Crippen molar-refractivity contribution in [2.24, 2.45) is 0 Å². The molecule has 30 heavy (non-hydrogen) atoms. The lowest BCUT2D eigenvalue weighted by Gasteiger charge is -2.36. The molecule has 0 unspecified atom stereocenters. The Morgan fingerprint density at radius 2 is 1.70 bits per heavy atom. The molecule has 1 aliphatic heterocycles. The first-order valence-electron chi connectivity index (χ1n) is 10.0. The third-order valence-electron chi connectivity index (χ3n) is 4.82. The van der Waals surface area contributed by atoms with Gasteiger partial charge in [-0.05, 0) is 50.2 Å². The van der Waals surface area contributed by atoms with Crippen LogP contribution in [0.4, 0.5) is 23.0 Å². The summed E-state index contributed by atoms with van der Waals surface area (Å²) in [6.45, 7) is 5.69. The summed E-state index contributed by atoms with van der Waals surface area (Å²) < 4.78 is 5.76. The van der Waals surface area contributed by atoms with Crippen LogP contribution in [0.5, 0.6) is 0 Å². The molecule has 154 valence electrons. The summed E-state index contributed by atoms with van der Waals surface area (Å²) in [5.41, 5.74) is 2.08. The van der Waals surface area contributed by atoms with E-state index in [0.717, 1.165) is 24.6 Å². The maximum Gasteiger partial charge on any atom is 0.257 e. The fourth-order valence-electron chi connectivity index (χ4n) is 3.49. The van der Waals surface area contributed by atoms with E-state index in [1.54, 1.807) is 18.5 Å². The SMILES string of the molecule is C[C@@H]1CN(c2ccc(C(=O)Nc3ccc(Nc4ccccc4)nc3)cn2)C[C@H](C)O1. The van der Waals surface area contributed by atoms with Crippen LogP contribution >= 0.6 is 0 Å². The van der Waals surface area contributed by atoms with Gasteiger partial charge in [-0.3, -0.25) is 4.79 Å². The van der Waals surface area contributed by atoms with E-state index < -0.39 is 0 Å². The van der Waals surface area contributed by atoms with E-state index in [1.165, 1.54) is 0 Å². The highest BCUT2D eigenvalue weighted by molar-refractivity contribution is 6.04. The number of nitrogens with zero attached hydrogens (tertiary/aromatic N) is 3. The molecule has 1 aromatic carbocycles. The van der Waals surface area contributed by atoms with Crippen LogP contribution in [0.2, 0.25) is 0 Å². The molecule has 1 aliphatic rings. The highest BCUT2D eigenvalue weighted by Gasteiger charge is 2.23. The van der Waals surface area contributed by atoms with Crippen molar-refractivity contribution in [3.05, 3.63) is 72.6 Å². The number of carbonyl (C=O) groups excluding carboxylic acids is 1. The smallest absolute Gasteiger partial charge is 0.257 e. The average molecular weight is 403 g/mol. The van der Waals surface area contributed by atoms with Crippen LogP contribution in [0.25, 0.3) is 0 Å². The van der Waals surface area contributed by atoms with Gasteiger partial charge in [0, 0.05) is 25.0 Å². The number of amides is 1. The molecule has 7 heteroatoms. The molecule has 4 rings (SSSR count). The van der Waals surface area contributed by atoms with E-state index in [1.807, 2.05) is 48.5 Å². The standard InChI is InChI=1S/C23H25N5O2/c1-16-14-28(15-17(2)30-16)22-11-8-18(12-25-22)23(29)27-20-9-10-21(24-13-20)26-19-6-4-3-5-7-19/h3-13,16-17H,14-15H2,1-2H3,(H,24,26)(H,27,29)/t16-,17+. The van der Waals surface area contributed by atoms with Gasteiger partial charge in [0.15, 0.2) is 0 Å². The van der Waals surface area contributed by atoms with E-state index in [4.69, 9.17) is 4.74 Å². The first-order valence-corrected chi connectivity index (χ1v) is 10.0. The Bertz CT molecular complexity index is 967. The zero-order valence-corrected chi connectivity index (χ0v) is 17.1. The lowest BCUT2D eigenvalue weighted by atomic mass is 10.2. The zero-order chi connectivity index (χ0) is 20.9. The van der Waals surface area contributed by atoms with Gasteiger partial charge in [-0.15, -0.1) is 0 Å². The number of hydrogen-bond acceptors (Lipinski definition) is 6. The topological polar surface area (TPSA) is 79.4 Å². The molecular formula is C23H25N5O2. The number of morpholine rings is 1. The van der Waals surface area contributed by atoms with Gasteiger partial charge in [0.25, 0.3) is 5.91 Å². The number of pyridine rings is 2. The highest BCUT2D eigenvalue weighted by atomic mass is 16.5. The highest BCUT2D eigenvalue weighted by Crippen LogP contribution is 2.19. The number of anilines is 4. The molecule has 3 aromatic rings. The molecule has 2 aromatic heterocycles. The second-order valence-electron chi connectivity index (χ2n) is 7.44. The first-order chi connectivity index (χ1) is 14.6. The Hall–Kier alpha value is -3.45. The van der Waals surface area contributed by atoms with Crippen molar-refractivity contribution >= 4 is 28.9 Å². The van der Waals surface area contributed by atoms with Crippen LogP contribution in [0.1, 0.15) is 24.2 Å². The van der Waals surface area contributed by atoms with Gasteiger partial charge in [0.1, 0.15) is 11.6 Å². The van der Waals surface area contributed by atoms with Crippen molar-refractivity contribution in [3.63, 3.8) is 0 Å². The summed E-state index contributed by atoms with van der Waals surface area (Å²) >= 11 is 0. The summed E-state index contributed by atoms with van der Waals surface area (Å²) in [5, 5.41) is 6.07. The molecule has 0 spiro atoms. The van der Waals surface area contributed by atoms with Gasteiger partial charge >= 0.3 is 0 Å². The van der Waals surface area contributed by atoms with Crippen LogP contribution in [-0.4, -0.2) is 41.2 Å². The number of nitrogens with one attached hydrogen (secondary N) is 2. The minimum Gasteiger partial charge on any atom is -0.372 e.